The zero-order chi connectivity index (χ0) is 14.8. The van der Waals surface area contributed by atoms with Crippen molar-refractivity contribution in [3.05, 3.63) is 64.2 Å². The van der Waals surface area contributed by atoms with Crippen molar-refractivity contribution in [3.63, 3.8) is 0 Å². The quantitative estimate of drug-likeness (QED) is 0.751. The summed E-state index contributed by atoms with van der Waals surface area (Å²) in [5.41, 5.74) is 3.21. The molecule has 0 radical (unpaired) electrons. The third-order valence-corrected chi connectivity index (χ3v) is 4.21. The van der Waals surface area contributed by atoms with Gasteiger partial charge in [-0.15, -0.1) is 0 Å². The Morgan fingerprint density at radius 3 is 2.81 bits per heavy atom. The van der Waals surface area contributed by atoms with E-state index in [0.717, 1.165) is 28.0 Å². The number of aromatic nitrogens is 1. The Morgan fingerprint density at radius 1 is 1.29 bits per heavy atom. The average molecular weight is 345 g/mol. The standard InChI is InChI=1S/C17H17BrN2O/c1-3-19-16(17-13(18)8-9-21-17)15-10-11(2)12-6-4-5-7-14(12)20-15/h4-10,16,19H,3H2,1-2H3. The first kappa shape index (κ1) is 14.3. The molecule has 0 amide bonds. The van der Waals surface area contributed by atoms with Gasteiger partial charge in [0.2, 0.25) is 0 Å². The van der Waals surface area contributed by atoms with Gasteiger partial charge in [-0.3, -0.25) is 4.98 Å². The first-order valence-corrected chi connectivity index (χ1v) is 7.82. The highest BCUT2D eigenvalue weighted by Gasteiger charge is 2.21. The van der Waals surface area contributed by atoms with Crippen LogP contribution in [0.3, 0.4) is 0 Å². The van der Waals surface area contributed by atoms with E-state index in [9.17, 15) is 0 Å². The van der Waals surface area contributed by atoms with Crippen LogP contribution in [0.25, 0.3) is 10.9 Å². The van der Waals surface area contributed by atoms with Crippen LogP contribution in [0.2, 0.25) is 0 Å². The SMILES string of the molecule is CCNC(c1cc(C)c2ccccc2n1)c1occc1Br. The summed E-state index contributed by atoms with van der Waals surface area (Å²) < 4.78 is 6.60. The first-order chi connectivity index (χ1) is 10.2. The van der Waals surface area contributed by atoms with Gasteiger partial charge in [0.15, 0.2) is 0 Å². The molecular weight excluding hydrogens is 328 g/mol. The van der Waals surface area contributed by atoms with Crippen LogP contribution in [0, 0.1) is 6.92 Å². The van der Waals surface area contributed by atoms with E-state index in [1.54, 1.807) is 6.26 Å². The molecule has 1 atom stereocenters. The molecule has 0 aliphatic heterocycles. The fraction of sp³-hybridized carbons (Fsp3) is 0.235. The molecule has 0 bridgehead atoms. The normalized spacial score (nSPS) is 12.7. The van der Waals surface area contributed by atoms with Crippen molar-refractivity contribution in [2.24, 2.45) is 0 Å². The summed E-state index contributed by atoms with van der Waals surface area (Å²) in [6.07, 6.45) is 1.69. The van der Waals surface area contributed by atoms with E-state index in [1.165, 1.54) is 10.9 Å². The number of halogens is 1. The minimum Gasteiger partial charge on any atom is -0.466 e. The molecule has 0 saturated carbocycles. The summed E-state index contributed by atoms with van der Waals surface area (Å²) >= 11 is 3.54. The van der Waals surface area contributed by atoms with Gasteiger partial charge in [0.05, 0.1) is 21.9 Å². The molecule has 108 valence electrons. The smallest absolute Gasteiger partial charge is 0.140 e. The van der Waals surface area contributed by atoms with E-state index in [1.807, 2.05) is 24.3 Å². The number of nitrogens with one attached hydrogen (secondary N) is 1. The van der Waals surface area contributed by atoms with Crippen LogP contribution in [0.1, 0.15) is 30.0 Å². The summed E-state index contributed by atoms with van der Waals surface area (Å²) in [5.74, 6) is 0.860. The molecule has 3 nitrogen and oxygen atoms in total. The summed E-state index contributed by atoms with van der Waals surface area (Å²) in [6.45, 7) is 5.04. The second-order valence-corrected chi connectivity index (χ2v) is 5.86. The molecule has 3 aromatic rings. The van der Waals surface area contributed by atoms with Crippen molar-refractivity contribution in [1.29, 1.82) is 0 Å². The van der Waals surface area contributed by atoms with Crippen LogP contribution >= 0.6 is 15.9 Å². The number of fused-ring (bicyclic) bond motifs is 1. The van der Waals surface area contributed by atoms with Gasteiger partial charge < -0.3 is 9.73 Å². The third kappa shape index (κ3) is 2.74. The molecule has 4 heteroatoms. The van der Waals surface area contributed by atoms with E-state index in [-0.39, 0.29) is 6.04 Å². The van der Waals surface area contributed by atoms with Crippen molar-refractivity contribution in [2.75, 3.05) is 6.54 Å². The molecule has 1 aromatic carbocycles. The number of rotatable bonds is 4. The lowest BCUT2D eigenvalue weighted by atomic mass is 10.0. The number of hydrogen-bond acceptors (Lipinski definition) is 3. The van der Waals surface area contributed by atoms with E-state index < -0.39 is 0 Å². The molecule has 0 fully saturated rings. The predicted molar refractivity (Wildman–Crippen MR) is 88.4 cm³/mol. The number of pyridine rings is 1. The second-order valence-electron chi connectivity index (χ2n) is 5.00. The van der Waals surface area contributed by atoms with Crippen molar-refractivity contribution in [3.8, 4) is 0 Å². The summed E-state index contributed by atoms with van der Waals surface area (Å²) in [5, 5.41) is 4.64. The van der Waals surface area contributed by atoms with Gasteiger partial charge in [0.25, 0.3) is 0 Å². The van der Waals surface area contributed by atoms with E-state index in [0.29, 0.717) is 0 Å². The van der Waals surface area contributed by atoms with Gasteiger partial charge in [-0.1, -0.05) is 25.1 Å². The Kier molecular flexibility index (Phi) is 4.08. The minimum absolute atomic E-state index is 0.0531. The van der Waals surface area contributed by atoms with Crippen LogP contribution < -0.4 is 5.32 Å². The van der Waals surface area contributed by atoms with Crippen molar-refractivity contribution in [1.82, 2.24) is 10.3 Å². The maximum atomic E-state index is 5.64. The number of furan rings is 1. The van der Waals surface area contributed by atoms with Crippen molar-refractivity contribution in [2.45, 2.75) is 19.9 Å². The predicted octanol–water partition coefficient (Wildman–Crippen LogP) is 4.60. The van der Waals surface area contributed by atoms with Gasteiger partial charge >= 0.3 is 0 Å². The molecule has 0 aliphatic rings. The van der Waals surface area contributed by atoms with Gasteiger partial charge in [0, 0.05) is 5.39 Å². The average Bonchev–Trinajstić information content (AvgIpc) is 2.91. The molecule has 1 N–H and O–H groups in total. The Balaban J connectivity index is 2.14. The van der Waals surface area contributed by atoms with Crippen LogP contribution in [-0.4, -0.2) is 11.5 Å². The van der Waals surface area contributed by atoms with Crippen LogP contribution in [0.15, 0.2) is 51.6 Å². The Labute approximate surface area is 132 Å². The Hall–Kier alpha value is -1.65. The maximum absolute atomic E-state index is 5.64. The lowest BCUT2D eigenvalue weighted by molar-refractivity contribution is 0.445. The van der Waals surface area contributed by atoms with Gasteiger partial charge in [0.1, 0.15) is 11.8 Å². The first-order valence-electron chi connectivity index (χ1n) is 7.03. The lowest BCUT2D eigenvalue weighted by Crippen LogP contribution is -2.23. The van der Waals surface area contributed by atoms with E-state index in [4.69, 9.17) is 9.40 Å². The van der Waals surface area contributed by atoms with Crippen LogP contribution in [0.5, 0.6) is 0 Å². The molecule has 21 heavy (non-hydrogen) atoms. The molecule has 3 rings (SSSR count). The highest BCUT2D eigenvalue weighted by Crippen LogP contribution is 2.30. The Morgan fingerprint density at radius 2 is 2.10 bits per heavy atom. The number of benzene rings is 1. The molecule has 0 saturated heterocycles. The zero-order valence-corrected chi connectivity index (χ0v) is 13.6. The molecule has 2 aromatic heterocycles. The lowest BCUT2D eigenvalue weighted by Gasteiger charge is -2.17. The molecule has 1 unspecified atom stereocenters. The highest BCUT2D eigenvalue weighted by atomic mass is 79.9. The number of hydrogen-bond donors (Lipinski definition) is 1. The number of nitrogens with zero attached hydrogens (tertiary/aromatic N) is 1. The van der Waals surface area contributed by atoms with E-state index >= 15 is 0 Å². The van der Waals surface area contributed by atoms with Crippen LogP contribution in [0.4, 0.5) is 0 Å². The monoisotopic (exact) mass is 344 g/mol. The molecule has 2 heterocycles. The summed E-state index contributed by atoms with van der Waals surface area (Å²) in [6, 6.07) is 12.2. The molecule has 0 aliphatic carbocycles. The van der Waals surface area contributed by atoms with E-state index in [2.05, 4.69) is 47.2 Å². The van der Waals surface area contributed by atoms with Crippen molar-refractivity contribution >= 4 is 26.8 Å². The fourth-order valence-corrected chi connectivity index (χ4v) is 3.00. The Bertz CT molecular complexity index is 766. The van der Waals surface area contributed by atoms with Gasteiger partial charge in [-0.25, -0.2) is 0 Å². The largest absolute Gasteiger partial charge is 0.466 e. The second kappa shape index (κ2) is 6.00. The third-order valence-electron chi connectivity index (χ3n) is 3.55. The fourth-order valence-electron chi connectivity index (χ4n) is 2.57. The number of aryl methyl sites for hydroxylation is 1. The summed E-state index contributed by atoms with van der Waals surface area (Å²) in [4.78, 5) is 4.81. The molecule has 0 spiro atoms. The maximum Gasteiger partial charge on any atom is 0.140 e. The number of para-hydroxylation sites is 1. The van der Waals surface area contributed by atoms with Crippen LogP contribution in [-0.2, 0) is 0 Å². The highest BCUT2D eigenvalue weighted by molar-refractivity contribution is 9.10. The topological polar surface area (TPSA) is 38.1 Å². The van der Waals surface area contributed by atoms with Gasteiger partial charge in [-0.05, 0) is 53.2 Å². The zero-order valence-electron chi connectivity index (χ0n) is 12.1. The van der Waals surface area contributed by atoms with Gasteiger partial charge in [-0.2, -0.15) is 0 Å². The molecular formula is C17H17BrN2O. The minimum atomic E-state index is -0.0531. The van der Waals surface area contributed by atoms with Crippen molar-refractivity contribution < 1.29 is 4.42 Å². The summed E-state index contributed by atoms with van der Waals surface area (Å²) in [7, 11) is 0.